The second kappa shape index (κ2) is 7.59. The fourth-order valence-corrected chi connectivity index (χ4v) is 3.30. The Bertz CT molecular complexity index is 436. The molecular weight excluding hydrogens is 274 g/mol. The molecule has 0 spiro atoms. The van der Waals surface area contributed by atoms with E-state index in [1.165, 1.54) is 11.3 Å². The number of thiazole rings is 1. The first kappa shape index (κ1) is 15.3. The van der Waals surface area contributed by atoms with E-state index in [0.717, 1.165) is 44.2 Å². The van der Waals surface area contributed by atoms with E-state index in [2.05, 4.69) is 22.5 Å². The van der Waals surface area contributed by atoms with Crippen LogP contribution in [0.25, 0.3) is 0 Å². The van der Waals surface area contributed by atoms with Crippen LogP contribution in [0.15, 0.2) is 5.38 Å². The third kappa shape index (κ3) is 4.76. The summed E-state index contributed by atoms with van der Waals surface area (Å²) in [6.07, 6.45) is 5.60. The highest BCUT2D eigenvalue weighted by Crippen LogP contribution is 2.23. The standard InChI is InChI=1S/C14H23N3O2S/c1-2-4-11-9-20-14(16-11)17-13(19)15-8-10-5-3-6-12(18)7-10/h9-10,12,18H,2-8H2,1H3,(H2,15,16,17,19)/t10-,12-/m1/s1. The Morgan fingerprint density at radius 2 is 2.40 bits per heavy atom. The molecule has 1 saturated carbocycles. The zero-order chi connectivity index (χ0) is 14.4. The van der Waals surface area contributed by atoms with Gasteiger partial charge in [0.25, 0.3) is 0 Å². The Morgan fingerprint density at radius 1 is 1.55 bits per heavy atom. The van der Waals surface area contributed by atoms with E-state index in [1.807, 2.05) is 5.38 Å². The van der Waals surface area contributed by atoms with E-state index in [-0.39, 0.29) is 12.1 Å². The van der Waals surface area contributed by atoms with E-state index in [9.17, 15) is 9.90 Å². The Balaban J connectivity index is 1.71. The smallest absolute Gasteiger partial charge is 0.321 e. The molecule has 2 amide bonds. The van der Waals surface area contributed by atoms with Gasteiger partial charge in [-0.05, 0) is 31.6 Å². The summed E-state index contributed by atoms with van der Waals surface area (Å²) in [7, 11) is 0. The molecule has 0 aliphatic heterocycles. The van der Waals surface area contributed by atoms with Gasteiger partial charge in [-0.15, -0.1) is 11.3 Å². The van der Waals surface area contributed by atoms with Gasteiger partial charge in [0.1, 0.15) is 0 Å². The fourth-order valence-electron chi connectivity index (χ4n) is 2.56. The van der Waals surface area contributed by atoms with Crippen LogP contribution >= 0.6 is 11.3 Å². The first-order valence-corrected chi connectivity index (χ1v) is 8.22. The van der Waals surface area contributed by atoms with Crippen molar-refractivity contribution in [3.8, 4) is 0 Å². The molecule has 1 heterocycles. The van der Waals surface area contributed by atoms with Crippen LogP contribution in [0.5, 0.6) is 0 Å². The molecule has 0 radical (unpaired) electrons. The molecule has 0 bridgehead atoms. The van der Waals surface area contributed by atoms with Crippen molar-refractivity contribution in [1.29, 1.82) is 0 Å². The summed E-state index contributed by atoms with van der Waals surface area (Å²) in [6.45, 7) is 2.73. The Labute approximate surface area is 123 Å². The molecule has 0 unspecified atom stereocenters. The van der Waals surface area contributed by atoms with Crippen molar-refractivity contribution in [1.82, 2.24) is 10.3 Å². The van der Waals surface area contributed by atoms with Crippen LogP contribution in [0.1, 0.15) is 44.7 Å². The third-order valence-electron chi connectivity index (χ3n) is 3.58. The van der Waals surface area contributed by atoms with Gasteiger partial charge in [-0.1, -0.05) is 19.8 Å². The number of aliphatic hydroxyl groups excluding tert-OH is 1. The quantitative estimate of drug-likeness (QED) is 0.782. The first-order valence-electron chi connectivity index (χ1n) is 7.34. The Hall–Kier alpha value is -1.14. The lowest BCUT2D eigenvalue weighted by Crippen LogP contribution is -2.35. The van der Waals surface area contributed by atoms with Gasteiger partial charge in [0.15, 0.2) is 5.13 Å². The van der Waals surface area contributed by atoms with Crippen LogP contribution < -0.4 is 10.6 Å². The zero-order valence-electron chi connectivity index (χ0n) is 11.9. The summed E-state index contributed by atoms with van der Waals surface area (Å²) in [5, 5.41) is 17.9. The third-order valence-corrected chi connectivity index (χ3v) is 4.39. The minimum absolute atomic E-state index is 0.200. The van der Waals surface area contributed by atoms with Gasteiger partial charge in [-0.25, -0.2) is 9.78 Å². The molecule has 5 nitrogen and oxygen atoms in total. The summed E-state index contributed by atoms with van der Waals surface area (Å²) < 4.78 is 0. The number of rotatable bonds is 5. The highest BCUT2D eigenvalue weighted by Gasteiger charge is 2.20. The van der Waals surface area contributed by atoms with E-state index in [0.29, 0.717) is 17.6 Å². The SMILES string of the molecule is CCCc1csc(NC(=O)NC[C@@H]2CCC[C@@H](O)C2)n1. The molecular formula is C14H23N3O2S. The molecule has 1 fully saturated rings. The van der Waals surface area contributed by atoms with Crippen molar-refractivity contribution in [2.45, 2.75) is 51.6 Å². The maximum absolute atomic E-state index is 11.8. The molecule has 1 aliphatic rings. The molecule has 20 heavy (non-hydrogen) atoms. The van der Waals surface area contributed by atoms with E-state index < -0.39 is 0 Å². The second-order valence-electron chi connectivity index (χ2n) is 5.42. The maximum atomic E-state index is 11.8. The Morgan fingerprint density at radius 3 is 3.15 bits per heavy atom. The van der Waals surface area contributed by atoms with Crippen molar-refractivity contribution < 1.29 is 9.90 Å². The van der Waals surface area contributed by atoms with Crippen molar-refractivity contribution in [3.63, 3.8) is 0 Å². The number of urea groups is 1. The van der Waals surface area contributed by atoms with Crippen molar-refractivity contribution in [3.05, 3.63) is 11.1 Å². The molecule has 2 atom stereocenters. The summed E-state index contributed by atoms with van der Waals surface area (Å²) >= 11 is 1.46. The van der Waals surface area contributed by atoms with Crippen molar-refractivity contribution in [2.75, 3.05) is 11.9 Å². The summed E-state index contributed by atoms with van der Waals surface area (Å²) in [6, 6.07) is -0.206. The van der Waals surface area contributed by atoms with Crippen LogP contribution in [0.4, 0.5) is 9.93 Å². The average molecular weight is 297 g/mol. The largest absolute Gasteiger partial charge is 0.393 e. The number of anilines is 1. The minimum Gasteiger partial charge on any atom is -0.393 e. The van der Waals surface area contributed by atoms with Crippen molar-refractivity contribution >= 4 is 22.5 Å². The molecule has 3 N–H and O–H groups in total. The lowest BCUT2D eigenvalue weighted by molar-refractivity contribution is 0.101. The van der Waals surface area contributed by atoms with Gasteiger partial charge in [0.2, 0.25) is 0 Å². The molecule has 2 rings (SSSR count). The predicted octanol–water partition coefficient (Wildman–Crippen LogP) is 2.77. The van der Waals surface area contributed by atoms with Gasteiger partial charge in [-0.2, -0.15) is 0 Å². The normalized spacial score (nSPS) is 22.5. The minimum atomic E-state index is -0.206. The van der Waals surface area contributed by atoms with Crippen molar-refractivity contribution in [2.24, 2.45) is 5.92 Å². The zero-order valence-corrected chi connectivity index (χ0v) is 12.7. The van der Waals surface area contributed by atoms with Crippen LogP contribution in [0.3, 0.4) is 0 Å². The van der Waals surface area contributed by atoms with Crippen LogP contribution in [-0.2, 0) is 6.42 Å². The summed E-state index contributed by atoms with van der Waals surface area (Å²) in [5.41, 5.74) is 1.03. The molecule has 6 heteroatoms. The van der Waals surface area contributed by atoms with E-state index >= 15 is 0 Å². The van der Waals surface area contributed by atoms with Gasteiger partial charge < -0.3 is 10.4 Å². The lowest BCUT2D eigenvalue weighted by Gasteiger charge is -2.25. The molecule has 0 aromatic carbocycles. The van der Waals surface area contributed by atoms with Crippen LogP contribution in [0, 0.1) is 5.92 Å². The molecule has 1 aliphatic carbocycles. The highest BCUT2D eigenvalue weighted by atomic mass is 32.1. The number of carbonyl (C=O) groups excluding carboxylic acids is 1. The predicted molar refractivity (Wildman–Crippen MR) is 81.1 cm³/mol. The number of nitrogens with zero attached hydrogens (tertiary/aromatic N) is 1. The number of aryl methyl sites for hydroxylation is 1. The summed E-state index contributed by atoms with van der Waals surface area (Å²) in [5.74, 6) is 0.386. The van der Waals surface area contributed by atoms with Gasteiger partial charge in [-0.3, -0.25) is 5.32 Å². The van der Waals surface area contributed by atoms with Gasteiger partial charge >= 0.3 is 6.03 Å². The van der Waals surface area contributed by atoms with E-state index in [1.54, 1.807) is 0 Å². The molecule has 1 aromatic rings. The molecule has 0 saturated heterocycles. The fraction of sp³-hybridized carbons (Fsp3) is 0.714. The molecule has 112 valence electrons. The monoisotopic (exact) mass is 297 g/mol. The van der Waals surface area contributed by atoms with Crippen LogP contribution in [-0.4, -0.2) is 28.8 Å². The lowest BCUT2D eigenvalue weighted by atomic mass is 9.87. The van der Waals surface area contributed by atoms with Gasteiger partial charge in [0, 0.05) is 11.9 Å². The number of nitrogens with one attached hydrogen (secondary N) is 2. The first-order chi connectivity index (χ1) is 9.67. The topological polar surface area (TPSA) is 74.2 Å². The number of aliphatic hydroxyl groups is 1. The molecule has 1 aromatic heterocycles. The van der Waals surface area contributed by atoms with Gasteiger partial charge in [0.05, 0.1) is 11.8 Å². The number of amides is 2. The maximum Gasteiger partial charge on any atom is 0.321 e. The average Bonchev–Trinajstić information content (AvgIpc) is 2.84. The summed E-state index contributed by atoms with van der Waals surface area (Å²) in [4.78, 5) is 16.1. The van der Waals surface area contributed by atoms with E-state index in [4.69, 9.17) is 0 Å². The number of aromatic nitrogens is 1. The second-order valence-corrected chi connectivity index (χ2v) is 6.27. The number of hydrogen-bond donors (Lipinski definition) is 3. The Kier molecular flexibility index (Phi) is 5.79. The number of carbonyl (C=O) groups is 1. The van der Waals surface area contributed by atoms with Crippen LogP contribution in [0.2, 0.25) is 0 Å². The highest BCUT2D eigenvalue weighted by molar-refractivity contribution is 7.13. The number of hydrogen-bond acceptors (Lipinski definition) is 4.